The first-order chi connectivity index (χ1) is 17.6. The highest BCUT2D eigenvalue weighted by atomic mass is 16.5. The number of hydrogen-bond acceptors (Lipinski definition) is 6. The molecule has 3 aromatic carbocycles. The van der Waals surface area contributed by atoms with E-state index in [1.165, 1.54) is 19.1 Å². The summed E-state index contributed by atoms with van der Waals surface area (Å²) in [7, 11) is 0. The molecular formula is C30H25NO6. The molecule has 0 aliphatic carbocycles. The Hall–Kier alpha value is -4.52. The van der Waals surface area contributed by atoms with Crippen molar-refractivity contribution < 1.29 is 23.5 Å². The molecule has 0 bridgehead atoms. The minimum atomic E-state index is -1.27. The third-order valence-corrected chi connectivity index (χ3v) is 6.53. The summed E-state index contributed by atoms with van der Waals surface area (Å²) in [5.41, 5.74) is 1.80. The van der Waals surface area contributed by atoms with E-state index in [-0.39, 0.29) is 33.4 Å². The molecule has 5 rings (SSSR count). The van der Waals surface area contributed by atoms with Crippen molar-refractivity contribution in [3.05, 3.63) is 99.7 Å². The number of para-hydroxylation sites is 1. The Kier molecular flexibility index (Phi) is 5.79. The highest BCUT2D eigenvalue weighted by molar-refractivity contribution is 6.22. The summed E-state index contributed by atoms with van der Waals surface area (Å²) >= 11 is 0. The standard InChI is InChI=1S/C30H25NO6/c1-17(31-27(33)20-9-5-6-10-21(20)28(31)34)29(35)37-26-24(32)22-11-7-8-12-23(22)36-25(26)18-13-15-19(16-14-18)30(2,3)4/h5-17H,1-4H3. The van der Waals surface area contributed by atoms with Crippen LogP contribution in [0.5, 0.6) is 5.75 Å². The molecule has 1 aromatic heterocycles. The number of imide groups is 1. The van der Waals surface area contributed by atoms with Crippen LogP contribution in [0.2, 0.25) is 0 Å². The number of esters is 1. The number of amides is 2. The highest BCUT2D eigenvalue weighted by Crippen LogP contribution is 2.33. The number of carbonyl (C=O) groups is 3. The molecule has 186 valence electrons. The van der Waals surface area contributed by atoms with Crippen LogP contribution >= 0.6 is 0 Å². The Morgan fingerprint density at radius 1 is 0.838 bits per heavy atom. The fraction of sp³-hybridized carbons (Fsp3) is 0.200. The maximum Gasteiger partial charge on any atom is 0.334 e. The van der Waals surface area contributed by atoms with Crippen LogP contribution in [0.15, 0.2) is 82.0 Å². The summed E-state index contributed by atoms with van der Waals surface area (Å²) in [4.78, 5) is 53.3. The van der Waals surface area contributed by atoms with Gasteiger partial charge in [0.25, 0.3) is 11.8 Å². The molecule has 0 spiro atoms. The number of hydrogen-bond donors (Lipinski definition) is 0. The lowest BCUT2D eigenvalue weighted by atomic mass is 9.86. The van der Waals surface area contributed by atoms with Crippen molar-refractivity contribution in [2.45, 2.75) is 39.2 Å². The number of ether oxygens (including phenoxy) is 1. The molecule has 0 N–H and O–H groups in total. The number of benzene rings is 3. The van der Waals surface area contributed by atoms with E-state index in [0.717, 1.165) is 10.5 Å². The van der Waals surface area contributed by atoms with Crippen LogP contribution in [0.25, 0.3) is 22.3 Å². The van der Waals surface area contributed by atoms with Crippen LogP contribution in [0.4, 0.5) is 0 Å². The monoisotopic (exact) mass is 495 g/mol. The van der Waals surface area contributed by atoms with E-state index in [4.69, 9.17) is 9.15 Å². The van der Waals surface area contributed by atoms with Crippen molar-refractivity contribution in [1.82, 2.24) is 4.90 Å². The second-order valence-electron chi connectivity index (χ2n) is 10.0. The Balaban J connectivity index is 1.55. The van der Waals surface area contributed by atoms with E-state index >= 15 is 0 Å². The van der Waals surface area contributed by atoms with Gasteiger partial charge in [0.2, 0.25) is 11.2 Å². The minimum Gasteiger partial charge on any atom is -0.452 e. The van der Waals surface area contributed by atoms with Crippen molar-refractivity contribution in [1.29, 1.82) is 0 Å². The molecule has 0 fully saturated rings. The fourth-order valence-corrected chi connectivity index (χ4v) is 4.38. The van der Waals surface area contributed by atoms with Gasteiger partial charge in [0.15, 0.2) is 5.76 Å². The molecule has 0 saturated heterocycles. The van der Waals surface area contributed by atoms with E-state index < -0.39 is 29.3 Å². The third-order valence-electron chi connectivity index (χ3n) is 6.53. The summed E-state index contributed by atoms with van der Waals surface area (Å²) in [5, 5.41) is 0.244. The lowest BCUT2D eigenvalue weighted by molar-refractivity contribution is -0.138. The van der Waals surface area contributed by atoms with Crippen molar-refractivity contribution in [2.75, 3.05) is 0 Å². The molecule has 7 nitrogen and oxygen atoms in total. The van der Waals surface area contributed by atoms with Gasteiger partial charge in [-0.05, 0) is 42.2 Å². The zero-order valence-corrected chi connectivity index (χ0v) is 20.9. The van der Waals surface area contributed by atoms with Gasteiger partial charge < -0.3 is 9.15 Å². The summed E-state index contributed by atoms with van der Waals surface area (Å²) in [5.74, 6) is -2.31. The van der Waals surface area contributed by atoms with Gasteiger partial charge in [-0.1, -0.05) is 69.3 Å². The maximum absolute atomic E-state index is 13.5. The smallest absolute Gasteiger partial charge is 0.334 e. The summed E-state index contributed by atoms with van der Waals surface area (Å²) in [6.07, 6.45) is 0. The Bertz CT molecular complexity index is 1590. The predicted molar refractivity (Wildman–Crippen MR) is 139 cm³/mol. The summed E-state index contributed by atoms with van der Waals surface area (Å²) < 4.78 is 11.7. The maximum atomic E-state index is 13.5. The molecular weight excluding hydrogens is 470 g/mol. The van der Waals surface area contributed by atoms with Gasteiger partial charge in [-0.3, -0.25) is 19.3 Å². The molecule has 1 aliphatic rings. The topological polar surface area (TPSA) is 93.9 Å². The first-order valence-corrected chi connectivity index (χ1v) is 11.9. The van der Waals surface area contributed by atoms with Crippen molar-refractivity contribution in [3.63, 3.8) is 0 Å². The molecule has 1 atom stereocenters. The largest absolute Gasteiger partial charge is 0.452 e. The zero-order valence-electron chi connectivity index (χ0n) is 20.9. The van der Waals surface area contributed by atoms with Crippen LogP contribution in [-0.2, 0) is 10.2 Å². The minimum absolute atomic E-state index is 0.0835. The number of nitrogens with zero attached hydrogens (tertiary/aromatic N) is 1. The second kappa shape index (κ2) is 8.85. The molecule has 1 aliphatic heterocycles. The summed E-state index contributed by atoms with van der Waals surface area (Å²) in [6, 6.07) is 19.2. The first-order valence-electron chi connectivity index (χ1n) is 11.9. The lowest BCUT2D eigenvalue weighted by Crippen LogP contribution is -2.45. The van der Waals surface area contributed by atoms with Crippen molar-refractivity contribution in [2.24, 2.45) is 0 Å². The molecule has 0 radical (unpaired) electrons. The van der Waals surface area contributed by atoms with E-state index in [0.29, 0.717) is 11.1 Å². The number of carbonyl (C=O) groups excluding carboxylic acids is 3. The van der Waals surface area contributed by atoms with E-state index in [1.807, 2.05) is 12.1 Å². The van der Waals surface area contributed by atoms with Crippen LogP contribution in [-0.4, -0.2) is 28.7 Å². The van der Waals surface area contributed by atoms with Gasteiger partial charge in [-0.15, -0.1) is 0 Å². The quantitative estimate of drug-likeness (QED) is 0.280. The second-order valence-corrected chi connectivity index (χ2v) is 10.0. The third kappa shape index (κ3) is 4.12. The van der Waals surface area contributed by atoms with Crippen LogP contribution in [0.3, 0.4) is 0 Å². The molecule has 7 heteroatoms. The normalized spacial score (nSPS) is 14.1. The Labute approximate surface area is 213 Å². The van der Waals surface area contributed by atoms with Gasteiger partial charge in [-0.25, -0.2) is 4.79 Å². The van der Waals surface area contributed by atoms with Crippen LogP contribution in [0.1, 0.15) is 54.0 Å². The van der Waals surface area contributed by atoms with E-state index in [9.17, 15) is 19.2 Å². The molecule has 1 unspecified atom stereocenters. The van der Waals surface area contributed by atoms with Gasteiger partial charge in [0.1, 0.15) is 11.6 Å². The van der Waals surface area contributed by atoms with Crippen LogP contribution in [0, 0.1) is 0 Å². The van der Waals surface area contributed by atoms with E-state index in [1.54, 1.807) is 48.5 Å². The summed E-state index contributed by atoms with van der Waals surface area (Å²) in [6.45, 7) is 7.66. The molecule has 0 saturated carbocycles. The molecule has 2 heterocycles. The molecule has 2 amide bonds. The van der Waals surface area contributed by atoms with Gasteiger partial charge in [0, 0.05) is 5.56 Å². The average molecular weight is 496 g/mol. The van der Waals surface area contributed by atoms with Gasteiger partial charge in [0.05, 0.1) is 16.5 Å². The number of rotatable bonds is 4. The lowest BCUT2D eigenvalue weighted by Gasteiger charge is -2.21. The van der Waals surface area contributed by atoms with Crippen molar-refractivity contribution >= 4 is 28.8 Å². The highest BCUT2D eigenvalue weighted by Gasteiger charge is 2.41. The zero-order chi connectivity index (χ0) is 26.5. The van der Waals surface area contributed by atoms with E-state index in [2.05, 4.69) is 20.8 Å². The van der Waals surface area contributed by atoms with Crippen LogP contribution < -0.4 is 10.2 Å². The first kappa shape index (κ1) is 24.2. The fourth-order valence-electron chi connectivity index (χ4n) is 4.38. The Morgan fingerprint density at radius 3 is 2.00 bits per heavy atom. The SMILES string of the molecule is CC(C(=O)Oc1c(-c2ccc(C(C)(C)C)cc2)oc2ccccc2c1=O)N1C(=O)c2ccccc2C1=O. The molecule has 37 heavy (non-hydrogen) atoms. The van der Waals surface area contributed by atoms with Gasteiger partial charge in [-0.2, -0.15) is 0 Å². The number of fused-ring (bicyclic) bond motifs is 2. The predicted octanol–water partition coefficient (Wildman–Crippen LogP) is 5.35. The average Bonchev–Trinajstić information content (AvgIpc) is 3.14. The Morgan fingerprint density at radius 2 is 1.41 bits per heavy atom. The van der Waals surface area contributed by atoms with Crippen molar-refractivity contribution in [3.8, 4) is 17.1 Å². The van der Waals surface area contributed by atoms with Gasteiger partial charge >= 0.3 is 5.97 Å². The molecule has 4 aromatic rings.